The summed E-state index contributed by atoms with van der Waals surface area (Å²) in [4.78, 5) is 28.1. The van der Waals surface area contributed by atoms with Crippen LogP contribution in [0.25, 0.3) is 11.3 Å². The van der Waals surface area contributed by atoms with Crippen molar-refractivity contribution in [1.29, 1.82) is 0 Å². The zero-order valence-electron chi connectivity index (χ0n) is 22.8. The molecule has 1 amide bonds. The van der Waals surface area contributed by atoms with Gasteiger partial charge in [-0.15, -0.1) is 0 Å². The number of halogens is 3. The van der Waals surface area contributed by atoms with E-state index in [9.17, 15) is 18.0 Å². The summed E-state index contributed by atoms with van der Waals surface area (Å²) in [6.45, 7) is 5.65. The third-order valence-corrected chi connectivity index (χ3v) is 7.57. The number of carbonyl (C=O) groups excluding carboxylic acids is 1. The summed E-state index contributed by atoms with van der Waals surface area (Å²) in [6.07, 6.45) is 0.760. The van der Waals surface area contributed by atoms with E-state index in [1.807, 2.05) is 4.90 Å². The number of rotatable bonds is 6. The molecule has 0 spiro atoms. The number of aromatic nitrogens is 4. The lowest BCUT2D eigenvalue weighted by Crippen LogP contribution is -2.52. The quantitative estimate of drug-likeness (QED) is 0.492. The standard InChI is InChI=1S/C27H33F3N8O2/c1-35-10-12-37(13-11-35)20-6-8-38(9-7-20)25(39)18-4-5-22(23(14-18)40-3)33-26-31-16-21(27(28,29)30)24(34-26)19-15-32-36(2)17-19/h4-5,14-17,20H,6-13H2,1-3H3,(H,31,33,34). The van der Waals surface area contributed by atoms with Gasteiger partial charge in [0, 0.05) is 75.9 Å². The Hall–Kier alpha value is -3.71. The molecule has 2 fully saturated rings. The topological polar surface area (TPSA) is 91.7 Å². The lowest BCUT2D eigenvalue weighted by molar-refractivity contribution is -0.137. The Morgan fingerprint density at radius 2 is 1.77 bits per heavy atom. The highest BCUT2D eigenvalue weighted by atomic mass is 19.4. The van der Waals surface area contributed by atoms with E-state index in [0.29, 0.717) is 36.1 Å². The average Bonchev–Trinajstić information content (AvgIpc) is 3.39. The van der Waals surface area contributed by atoms with Gasteiger partial charge in [0.05, 0.1) is 24.7 Å². The average molecular weight is 559 g/mol. The minimum absolute atomic E-state index is 0.0461. The summed E-state index contributed by atoms with van der Waals surface area (Å²) >= 11 is 0. The largest absolute Gasteiger partial charge is 0.495 e. The normalized spacial score (nSPS) is 17.7. The number of carbonyl (C=O) groups is 1. The highest BCUT2D eigenvalue weighted by Crippen LogP contribution is 2.37. The van der Waals surface area contributed by atoms with Gasteiger partial charge in [-0.25, -0.2) is 9.97 Å². The zero-order valence-corrected chi connectivity index (χ0v) is 22.8. The van der Waals surface area contributed by atoms with Gasteiger partial charge in [0.2, 0.25) is 5.95 Å². The summed E-state index contributed by atoms with van der Waals surface area (Å²) in [5, 5.41) is 6.90. The summed E-state index contributed by atoms with van der Waals surface area (Å²) in [6, 6.07) is 5.45. The van der Waals surface area contributed by atoms with Gasteiger partial charge in [-0.2, -0.15) is 18.3 Å². The van der Waals surface area contributed by atoms with Crippen LogP contribution in [0.1, 0.15) is 28.8 Å². The van der Waals surface area contributed by atoms with Crippen molar-refractivity contribution < 1.29 is 22.7 Å². The number of hydrogen-bond donors (Lipinski definition) is 1. The third kappa shape index (κ3) is 6.04. The van der Waals surface area contributed by atoms with Crippen molar-refractivity contribution >= 4 is 17.5 Å². The van der Waals surface area contributed by atoms with Gasteiger partial charge in [0.1, 0.15) is 11.3 Å². The maximum absolute atomic E-state index is 13.6. The van der Waals surface area contributed by atoms with E-state index in [0.717, 1.165) is 45.2 Å². The number of hydrogen-bond acceptors (Lipinski definition) is 8. The number of piperidine rings is 1. The number of nitrogens with zero attached hydrogens (tertiary/aromatic N) is 7. The third-order valence-electron chi connectivity index (χ3n) is 7.57. The molecule has 4 heterocycles. The van der Waals surface area contributed by atoms with Crippen LogP contribution in [-0.2, 0) is 13.2 Å². The van der Waals surface area contributed by atoms with Crippen LogP contribution in [-0.4, -0.2) is 99.8 Å². The Labute approximate surface area is 230 Å². The van der Waals surface area contributed by atoms with Crippen molar-refractivity contribution in [3.05, 3.63) is 47.9 Å². The van der Waals surface area contributed by atoms with E-state index >= 15 is 0 Å². The van der Waals surface area contributed by atoms with Crippen LogP contribution >= 0.6 is 0 Å². The van der Waals surface area contributed by atoms with E-state index in [-0.39, 0.29) is 23.1 Å². The first-order valence-electron chi connectivity index (χ1n) is 13.2. The molecule has 0 bridgehead atoms. The molecule has 2 saturated heterocycles. The monoisotopic (exact) mass is 558 g/mol. The molecule has 10 nitrogen and oxygen atoms in total. The molecule has 5 rings (SSSR count). The first-order valence-corrected chi connectivity index (χ1v) is 13.2. The molecule has 40 heavy (non-hydrogen) atoms. The van der Waals surface area contributed by atoms with Crippen molar-refractivity contribution in [2.75, 3.05) is 58.7 Å². The van der Waals surface area contributed by atoms with Gasteiger partial charge >= 0.3 is 6.18 Å². The van der Waals surface area contributed by atoms with Gasteiger partial charge in [0.15, 0.2) is 0 Å². The predicted molar refractivity (Wildman–Crippen MR) is 144 cm³/mol. The molecule has 2 aliphatic rings. The number of alkyl halides is 3. The van der Waals surface area contributed by atoms with Crippen LogP contribution in [0.3, 0.4) is 0 Å². The van der Waals surface area contributed by atoms with Crippen LogP contribution in [0.15, 0.2) is 36.8 Å². The van der Waals surface area contributed by atoms with Gasteiger partial charge in [-0.05, 0) is 38.1 Å². The van der Waals surface area contributed by atoms with E-state index in [1.54, 1.807) is 25.2 Å². The van der Waals surface area contributed by atoms with Crippen LogP contribution in [0, 0.1) is 0 Å². The first kappa shape index (κ1) is 27.8. The summed E-state index contributed by atoms with van der Waals surface area (Å²) in [5.74, 6) is 0.228. The molecule has 0 unspecified atom stereocenters. The number of likely N-dealkylation sites (tertiary alicyclic amines) is 1. The van der Waals surface area contributed by atoms with E-state index in [1.165, 1.54) is 24.2 Å². The van der Waals surface area contributed by atoms with Crippen LogP contribution in [0.5, 0.6) is 5.75 Å². The second-order valence-electron chi connectivity index (χ2n) is 10.3. The molecule has 1 aromatic carbocycles. The molecular formula is C27H33F3N8O2. The molecule has 214 valence electrons. The van der Waals surface area contributed by atoms with Crippen LogP contribution < -0.4 is 10.1 Å². The molecule has 0 radical (unpaired) electrons. The molecule has 0 aliphatic carbocycles. The van der Waals surface area contributed by atoms with Crippen molar-refractivity contribution in [3.8, 4) is 17.0 Å². The summed E-state index contributed by atoms with van der Waals surface area (Å²) < 4.78 is 47.8. The van der Waals surface area contributed by atoms with Gasteiger partial charge < -0.3 is 19.9 Å². The minimum atomic E-state index is -4.64. The number of aryl methyl sites for hydroxylation is 1. The van der Waals surface area contributed by atoms with E-state index in [2.05, 4.69) is 37.2 Å². The fourth-order valence-corrected chi connectivity index (χ4v) is 5.26. The molecule has 13 heteroatoms. The number of anilines is 2. The smallest absolute Gasteiger partial charge is 0.419 e. The highest BCUT2D eigenvalue weighted by Gasteiger charge is 2.36. The van der Waals surface area contributed by atoms with Crippen molar-refractivity contribution in [1.82, 2.24) is 34.4 Å². The molecular weight excluding hydrogens is 525 g/mol. The predicted octanol–water partition coefficient (Wildman–Crippen LogP) is 3.50. The molecule has 1 N–H and O–H groups in total. The second kappa shape index (κ2) is 11.4. The number of ether oxygens (including phenoxy) is 1. The number of nitrogens with one attached hydrogen (secondary N) is 1. The molecule has 2 aromatic heterocycles. The zero-order chi connectivity index (χ0) is 28.4. The molecule has 2 aliphatic heterocycles. The van der Waals surface area contributed by atoms with Crippen molar-refractivity contribution in [3.63, 3.8) is 0 Å². The maximum Gasteiger partial charge on any atom is 0.419 e. The lowest BCUT2D eigenvalue weighted by atomic mass is 10.0. The number of piperazine rings is 1. The maximum atomic E-state index is 13.6. The van der Waals surface area contributed by atoms with Gasteiger partial charge in [-0.1, -0.05) is 0 Å². The lowest BCUT2D eigenvalue weighted by Gasteiger charge is -2.42. The SMILES string of the molecule is COc1cc(C(=O)N2CCC(N3CCN(C)CC3)CC2)ccc1Nc1ncc(C(F)(F)F)c(-c2cnn(C)c2)n1. The second-order valence-corrected chi connectivity index (χ2v) is 10.3. The highest BCUT2D eigenvalue weighted by molar-refractivity contribution is 5.95. The van der Waals surface area contributed by atoms with Gasteiger partial charge in [0.25, 0.3) is 5.91 Å². The number of likely N-dealkylation sites (N-methyl/N-ethyl adjacent to an activating group) is 1. The van der Waals surface area contributed by atoms with E-state index < -0.39 is 11.7 Å². The first-order chi connectivity index (χ1) is 19.1. The Bertz CT molecular complexity index is 1350. The number of amides is 1. The van der Waals surface area contributed by atoms with Crippen LogP contribution in [0.2, 0.25) is 0 Å². The van der Waals surface area contributed by atoms with Gasteiger partial charge in [-0.3, -0.25) is 14.4 Å². The Kier molecular flexibility index (Phi) is 7.95. The fraction of sp³-hybridized carbons (Fsp3) is 0.481. The van der Waals surface area contributed by atoms with Crippen molar-refractivity contribution in [2.45, 2.75) is 25.1 Å². The number of benzene rings is 1. The summed E-state index contributed by atoms with van der Waals surface area (Å²) in [7, 11) is 5.22. The van der Waals surface area contributed by atoms with Crippen molar-refractivity contribution in [2.24, 2.45) is 7.05 Å². The summed E-state index contributed by atoms with van der Waals surface area (Å²) in [5.41, 5.74) is -0.140. The minimum Gasteiger partial charge on any atom is -0.495 e. The Balaban J connectivity index is 1.29. The number of methoxy groups -OCH3 is 1. The Morgan fingerprint density at radius 1 is 1.05 bits per heavy atom. The molecule has 0 atom stereocenters. The Morgan fingerprint density at radius 3 is 2.40 bits per heavy atom. The molecule has 0 saturated carbocycles. The van der Waals surface area contributed by atoms with Crippen LogP contribution in [0.4, 0.5) is 24.8 Å². The van der Waals surface area contributed by atoms with E-state index in [4.69, 9.17) is 4.74 Å². The molecule has 3 aromatic rings. The fourth-order valence-electron chi connectivity index (χ4n) is 5.26.